The van der Waals surface area contributed by atoms with Crippen molar-refractivity contribution in [3.63, 3.8) is 0 Å². The maximum absolute atomic E-state index is 10.4. The highest BCUT2D eigenvalue weighted by atomic mass is 16.4. The number of carboxylic acids is 1. The summed E-state index contributed by atoms with van der Waals surface area (Å²) in [4.78, 5) is 10.4. The summed E-state index contributed by atoms with van der Waals surface area (Å²) in [6.45, 7) is 2.21. The van der Waals surface area contributed by atoms with Crippen molar-refractivity contribution in [3.05, 3.63) is 0 Å². The molecule has 22 heavy (non-hydrogen) atoms. The fourth-order valence-corrected chi connectivity index (χ4v) is 3.12. The third-order valence-electron chi connectivity index (χ3n) is 4.63. The molecule has 2 unspecified atom stereocenters. The second-order valence-electron chi connectivity index (χ2n) is 6.82. The molecule has 3 N–H and O–H groups in total. The van der Waals surface area contributed by atoms with Gasteiger partial charge in [-0.2, -0.15) is 0 Å². The van der Waals surface area contributed by atoms with Gasteiger partial charge < -0.3 is 15.5 Å². The third-order valence-corrected chi connectivity index (χ3v) is 4.63. The number of hydrogen-bond acceptors (Lipinski definition) is 3. The van der Waals surface area contributed by atoms with Crippen molar-refractivity contribution in [2.45, 2.75) is 109 Å². The fourth-order valence-electron chi connectivity index (χ4n) is 3.12. The zero-order valence-electron chi connectivity index (χ0n) is 14.2. The minimum Gasteiger partial charge on any atom is -0.481 e. The largest absolute Gasteiger partial charge is 0.481 e. The van der Waals surface area contributed by atoms with Crippen LogP contribution in [0.2, 0.25) is 0 Å². The van der Waals surface area contributed by atoms with Crippen LogP contribution in [0.3, 0.4) is 0 Å². The first-order valence-electron chi connectivity index (χ1n) is 9.29. The molecular weight excluding hydrogens is 278 g/mol. The van der Waals surface area contributed by atoms with E-state index >= 15 is 0 Å². The maximum Gasteiger partial charge on any atom is 0.303 e. The predicted molar refractivity (Wildman–Crippen MR) is 90.0 cm³/mol. The Morgan fingerprint density at radius 1 is 1.00 bits per heavy atom. The van der Waals surface area contributed by atoms with E-state index in [1.165, 1.54) is 38.5 Å². The molecule has 0 saturated carbocycles. The Bertz CT molecular complexity index is 296. The molecule has 1 aliphatic heterocycles. The van der Waals surface area contributed by atoms with E-state index in [2.05, 4.69) is 12.2 Å². The van der Waals surface area contributed by atoms with E-state index in [0.717, 1.165) is 38.5 Å². The van der Waals surface area contributed by atoms with Gasteiger partial charge in [0.2, 0.25) is 0 Å². The summed E-state index contributed by atoms with van der Waals surface area (Å²) in [5, 5.41) is 22.0. The summed E-state index contributed by atoms with van der Waals surface area (Å²) in [7, 11) is 0. The number of carbonyl (C=O) groups is 1. The van der Waals surface area contributed by atoms with E-state index in [9.17, 15) is 9.90 Å². The van der Waals surface area contributed by atoms with Gasteiger partial charge in [0.05, 0.1) is 6.10 Å². The molecule has 0 bridgehead atoms. The molecule has 1 rings (SSSR count). The van der Waals surface area contributed by atoms with Crippen LogP contribution in [0.5, 0.6) is 0 Å². The second-order valence-corrected chi connectivity index (χ2v) is 6.82. The summed E-state index contributed by atoms with van der Waals surface area (Å²) in [5.74, 6) is -0.682. The van der Waals surface area contributed by atoms with Gasteiger partial charge in [-0.1, -0.05) is 58.3 Å². The molecule has 0 amide bonds. The van der Waals surface area contributed by atoms with Gasteiger partial charge in [0.1, 0.15) is 0 Å². The predicted octanol–water partition coefficient (Wildman–Crippen LogP) is 3.86. The van der Waals surface area contributed by atoms with Crippen molar-refractivity contribution < 1.29 is 15.0 Å². The summed E-state index contributed by atoms with van der Waals surface area (Å²) in [6, 6.07) is 1.15. The molecule has 3 atom stereocenters. The number of aliphatic hydroxyl groups excluding tert-OH is 1. The third kappa shape index (κ3) is 10.2. The molecule has 0 aromatic heterocycles. The first-order valence-corrected chi connectivity index (χ1v) is 9.29. The van der Waals surface area contributed by atoms with Gasteiger partial charge in [0.25, 0.3) is 0 Å². The number of aliphatic hydroxyl groups is 1. The molecule has 4 nitrogen and oxygen atoms in total. The SMILES string of the molecule is CCCCCC[C@@H](O)CC1NC1CCCCCCCC(=O)O. The van der Waals surface area contributed by atoms with Crippen LogP contribution in [0.25, 0.3) is 0 Å². The smallest absolute Gasteiger partial charge is 0.303 e. The molecule has 0 spiro atoms. The lowest BCUT2D eigenvalue weighted by Crippen LogP contribution is -2.11. The fraction of sp³-hybridized carbons (Fsp3) is 0.944. The van der Waals surface area contributed by atoms with E-state index < -0.39 is 5.97 Å². The van der Waals surface area contributed by atoms with Crippen LogP contribution in [0.1, 0.15) is 90.4 Å². The second kappa shape index (κ2) is 11.9. The van der Waals surface area contributed by atoms with Crippen molar-refractivity contribution in [3.8, 4) is 0 Å². The quantitative estimate of drug-likeness (QED) is 0.317. The van der Waals surface area contributed by atoms with Crippen molar-refractivity contribution in [1.29, 1.82) is 0 Å². The Morgan fingerprint density at radius 3 is 2.41 bits per heavy atom. The average molecular weight is 313 g/mol. The van der Waals surface area contributed by atoms with Crippen molar-refractivity contribution in [1.82, 2.24) is 5.32 Å². The number of aliphatic carboxylic acids is 1. The Kier molecular flexibility index (Phi) is 10.5. The zero-order chi connectivity index (χ0) is 16.2. The van der Waals surface area contributed by atoms with Crippen LogP contribution in [-0.4, -0.2) is 34.4 Å². The van der Waals surface area contributed by atoms with E-state index in [-0.39, 0.29) is 6.10 Å². The van der Waals surface area contributed by atoms with Crippen LogP contribution in [-0.2, 0) is 4.79 Å². The molecule has 1 fully saturated rings. The topological polar surface area (TPSA) is 79.5 Å². The van der Waals surface area contributed by atoms with Gasteiger partial charge in [-0.3, -0.25) is 4.79 Å². The van der Waals surface area contributed by atoms with Gasteiger partial charge in [-0.15, -0.1) is 0 Å². The summed E-state index contributed by atoms with van der Waals surface area (Å²) in [5.41, 5.74) is 0. The number of unbranched alkanes of at least 4 members (excludes halogenated alkanes) is 7. The van der Waals surface area contributed by atoms with E-state index in [0.29, 0.717) is 18.5 Å². The highest BCUT2D eigenvalue weighted by Gasteiger charge is 2.36. The summed E-state index contributed by atoms with van der Waals surface area (Å²) < 4.78 is 0. The molecule has 1 saturated heterocycles. The lowest BCUT2D eigenvalue weighted by molar-refractivity contribution is -0.137. The Hall–Kier alpha value is -0.610. The van der Waals surface area contributed by atoms with E-state index in [1.54, 1.807) is 0 Å². The normalized spacial score (nSPS) is 21.7. The molecule has 0 aliphatic carbocycles. The Labute approximate surface area is 135 Å². The highest BCUT2D eigenvalue weighted by Crippen LogP contribution is 2.24. The van der Waals surface area contributed by atoms with Gasteiger partial charge in [0, 0.05) is 18.5 Å². The number of carboxylic acid groups (broad SMARTS) is 1. The van der Waals surface area contributed by atoms with Crippen LogP contribution in [0, 0.1) is 0 Å². The molecule has 1 heterocycles. The molecule has 0 aromatic carbocycles. The monoisotopic (exact) mass is 313 g/mol. The highest BCUT2D eigenvalue weighted by molar-refractivity contribution is 5.66. The minimum atomic E-state index is -0.682. The summed E-state index contributed by atoms with van der Waals surface area (Å²) in [6.07, 6.45) is 13.6. The first-order chi connectivity index (χ1) is 10.6. The molecular formula is C18H35NO3. The van der Waals surface area contributed by atoms with Crippen LogP contribution in [0.4, 0.5) is 0 Å². The lowest BCUT2D eigenvalue weighted by atomic mass is 10.0. The molecule has 4 heteroatoms. The standard InChI is InChI=1S/C18H35NO3/c1-2-3-4-8-11-15(20)14-17-16(19-17)12-9-6-5-7-10-13-18(21)22/h15-17,19-20H,2-14H2,1H3,(H,21,22)/t15-,16?,17?/m1/s1. The average Bonchev–Trinajstić information content (AvgIpc) is 3.20. The van der Waals surface area contributed by atoms with Crippen LogP contribution >= 0.6 is 0 Å². The minimum absolute atomic E-state index is 0.129. The number of hydrogen-bond donors (Lipinski definition) is 3. The van der Waals surface area contributed by atoms with Gasteiger partial charge in [-0.25, -0.2) is 0 Å². The molecule has 130 valence electrons. The van der Waals surface area contributed by atoms with Crippen LogP contribution in [0.15, 0.2) is 0 Å². The van der Waals surface area contributed by atoms with Crippen molar-refractivity contribution in [2.75, 3.05) is 0 Å². The van der Waals surface area contributed by atoms with Crippen molar-refractivity contribution in [2.24, 2.45) is 0 Å². The molecule has 0 aromatic rings. The molecule has 1 aliphatic rings. The zero-order valence-corrected chi connectivity index (χ0v) is 14.2. The lowest BCUT2D eigenvalue weighted by Gasteiger charge is -2.09. The van der Waals surface area contributed by atoms with E-state index in [4.69, 9.17) is 5.11 Å². The van der Waals surface area contributed by atoms with Crippen LogP contribution < -0.4 is 5.32 Å². The summed E-state index contributed by atoms with van der Waals surface area (Å²) >= 11 is 0. The van der Waals surface area contributed by atoms with E-state index in [1.807, 2.05) is 0 Å². The number of rotatable bonds is 15. The van der Waals surface area contributed by atoms with Gasteiger partial charge in [-0.05, 0) is 25.7 Å². The molecule has 0 radical (unpaired) electrons. The van der Waals surface area contributed by atoms with Gasteiger partial charge >= 0.3 is 5.97 Å². The maximum atomic E-state index is 10.4. The van der Waals surface area contributed by atoms with Gasteiger partial charge in [0.15, 0.2) is 0 Å². The van der Waals surface area contributed by atoms with Crippen molar-refractivity contribution >= 4 is 5.97 Å². The Balaban J connectivity index is 1.86. The Morgan fingerprint density at radius 2 is 1.68 bits per heavy atom. The first kappa shape index (κ1) is 19.4. The number of nitrogens with one attached hydrogen (secondary N) is 1.